The second-order valence-electron chi connectivity index (χ2n) is 11.0. The first kappa shape index (κ1) is 31.3. The van der Waals surface area contributed by atoms with Gasteiger partial charge >= 0.3 is 0 Å². The van der Waals surface area contributed by atoms with Crippen LogP contribution < -0.4 is 15.4 Å². The van der Waals surface area contributed by atoms with Crippen molar-refractivity contribution in [1.29, 1.82) is 0 Å². The number of methoxy groups -OCH3 is 1. The molecule has 2 aromatic carbocycles. The van der Waals surface area contributed by atoms with Crippen LogP contribution in [0, 0.1) is 0 Å². The Labute approximate surface area is 249 Å². The molecule has 4 rings (SSSR count). The Balaban J connectivity index is 1.47. The molecule has 1 aromatic heterocycles. The lowest BCUT2D eigenvalue weighted by Gasteiger charge is -2.35. The van der Waals surface area contributed by atoms with Crippen molar-refractivity contribution in [3.05, 3.63) is 83.2 Å². The molecular weight excluding hydrogens is 530 g/mol. The number of carbonyl (C=O) groups is 2. The van der Waals surface area contributed by atoms with Crippen LogP contribution in [0.15, 0.2) is 60.7 Å². The smallest absolute Gasteiger partial charge is 0.272 e. The van der Waals surface area contributed by atoms with Crippen LogP contribution in [0.25, 0.3) is 0 Å². The van der Waals surface area contributed by atoms with Crippen molar-refractivity contribution in [3.63, 3.8) is 0 Å². The number of likely N-dealkylation sites (tertiary alicyclic amines) is 1. The Bertz CT molecular complexity index is 1290. The van der Waals surface area contributed by atoms with Crippen molar-refractivity contribution in [2.24, 2.45) is 0 Å². The second kappa shape index (κ2) is 15.5. The number of hydrogen-bond acceptors (Lipinski definition) is 6. The van der Waals surface area contributed by atoms with Gasteiger partial charge in [0, 0.05) is 38.3 Å². The molecule has 1 saturated heterocycles. The minimum atomic E-state index is -0.864. The zero-order valence-corrected chi connectivity index (χ0v) is 25.1. The molecule has 226 valence electrons. The highest BCUT2D eigenvalue weighted by atomic mass is 16.5. The maximum atomic E-state index is 13.6. The highest BCUT2D eigenvalue weighted by Crippen LogP contribution is 2.23. The summed E-state index contributed by atoms with van der Waals surface area (Å²) in [5, 5.41) is 22.0. The number of aliphatic hydroxyl groups is 1. The van der Waals surface area contributed by atoms with Gasteiger partial charge < -0.3 is 25.4 Å². The van der Waals surface area contributed by atoms with Gasteiger partial charge in [0.05, 0.1) is 19.3 Å². The van der Waals surface area contributed by atoms with E-state index in [9.17, 15) is 14.7 Å². The molecule has 1 fully saturated rings. The third-order valence-corrected chi connectivity index (χ3v) is 7.94. The fraction of sp³-hybridized carbons (Fsp3) is 0.485. The van der Waals surface area contributed by atoms with Crippen molar-refractivity contribution >= 4 is 11.8 Å². The molecule has 0 spiro atoms. The first-order valence-corrected chi connectivity index (χ1v) is 15.2. The molecule has 3 aromatic rings. The monoisotopic (exact) mass is 575 g/mol. The molecular formula is C33H45N5O4. The third-order valence-electron chi connectivity index (χ3n) is 7.94. The van der Waals surface area contributed by atoms with Gasteiger partial charge in [-0.2, -0.15) is 5.10 Å². The standard InChI is InChI=1S/C33H45N5O4/c1-4-12-26-16-9-10-18-37(26)33(41)30-21-29(36-38(30)5-2)32(40)35-28(20-24-13-7-6-8-14-24)31(39)23-34-22-25-15-11-17-27(19-25)42-3/h6-8,11,13-15,17,19,21,26,28,31,34,39H,4-5,9-10,12,16,18,20,22-23H2,1-3H3,(H,35,40)/t26?,28-,31+/m0/s1. The van der Waals surface area contributed by atoms with Gasteiger partial charge in [-0.05, 0) is 62.3 Å². The van der Waals surface area contributed by atoms with Gasteiger partial charge in [-0.1, -0.05) is 55.8 Å². The fourth-order valence-electron chi connectivity index (χ4n) is 5.67. The van der Waals surface area contributed by atoms with Gasteiger partial charge in [0.2, 0.25) is 0 Å². The number of nitrogens with zero attached hydrogens (tertiary/aromatic N) is 3. The summed E-state index contributed by atoms with van der Waals surface area (Å²) in [7, 11) is 1.63. The first-order valence-electron chi connectivity index (χ1n) is 15.2. The lowest BCUT2D eigenvalue weighted by molar-refractivity contribution is 0.0588. The van der Waals surface area contributed by atoms with Gasteiger partial charge in [0.1, 0.15) is 11.4 Å². The summed E-state index contributed by atoms with van der Waals surface area (Å²) in [5.41, 5.74) is 2.64. The Morgan fingerprint density at radius 3 is 2.60 bits per heavy atom. The summed E-state index contributed by atoms with van der Waals surface area (Å²) in [4.78, 5) is 29.1. The molecule has 42 heavy (non-hydrogen) atoms. The van der Waals surface area contributed by atoms with Crippen molar-refractivity contribution in [1.82, 2.24) is 25.3 Å². The number of benzene rings is 2. The zero-order chi connectivity index (χ0) is 29.9. The predicted molar refractivity (Wildman–Crippen MR) is 164 cm³/mol. The number of aromatic nitrogens is 2. The average molecular weight is 576 g/mol. The molecule has 1 aliphatic rings. The predicted octanol–water partition coefficient (Wildman–Crippen LogP) is 4.20. The number of piperidine rings is 1. The molecule has 2 amide bonds. The van der Waals surface area contributed by atoms with Crippen LogP contribution in [0.3, 0.4) is 0 Å². The normalized spacial score (nSPS) is 16.6. The van der Waals surface area contributed by atoms with E-state index in [0.29, 0.717) is 25.2 Å². The molecule has 3 N–H and O–H groups in total. The van der Waals surface area contributed by atoms with E-state index in [0.717, 1.165) is 55.5 Å². The molecule has 0 saturated carbocycles. The van der Waals surface area contributed by atoms with Crippen LogP contribution >= 0.6 is 0 Å². The number of carbonyl (C=O) groups excluding carboxylic acids is 2. The van der Waals surface area contributed by atoms with Crippen LogP contribution in [0.2, 0.25) is 0 Å². The zero-order valence-electron chi connectivity index (χ0n) is 25.1. The van der Waals surface area contributed by atoms with Crippen molar-refractivity contribution in [2.75, 3.05) is 20.2 Å². The van der Waals surface area contributed by atoms with E-state index in [-0.39, 0.29) is 24.2 Å². The molecule has 0 bridgehead atoms. The van der Waals surface area contributed by atoms with Crippen LogP contribution in [0.4, 0.5) is 0 Å². The minimum Gasteiger partial charge on any atom is -0.497 e. The Kier molecular flexibility index (Phi) is 11.5. The van der Waals surface area contributed by atoms with Gasteiger partial charge in [-0.15, -0.1) is 0 Å². The van der Waals surface area contributed by atoms with Crippen LogP contribution in [-0.4, -0.2) is 70.0 Å². The van der Waals surface area contributed by atoms with E-state index in [4.69, 9.17) is 4.74 Å². The van der Waals surface area contributed by atoms with Gasteiger partial charge in [-0.3, -0.25) is 14.3 Å². The summed E-state index contributed by atoms with van der Waals surface area (Å²) in [5.74, 6) is 0.298. The Morgan fingerprint density at radius 1 is 1.07 bits per heavy atom. The van der Waals surface area contributed by atoms with E-state index < -0.39 is 18.1 Å². The fourth-order valence-corrected chi connectivity index (χ4v) is 5.67. The molecule has 9 heteroatoms. The van der Waals surface area contributed by atoms with Gasteiger partial charge in [0.25, 0.3) is 11.8 Å². The van der Waals surface area contributed by atoms with Crippen molar-refractivity contribution in [2.45, 2.75) is 83.6 Å². The number of nitrogens with one attached hydrogen (secondary N) is 2. The van der Waals surface area contributed by atoms with Crippen molar-refractivity contribution < 1.29 is 19.4 Å². The van der Waals surface area contributed by atoms with E-state index in [2.05, 4.69) is 22.7 Å². The van der Waals surface area contributed by atoms with Crippen LogP contribution in [-0.2, 0) is 19.5 Å². The van der Waals surface area contributed by atoms with Crippen LogP contribution in [0.1, 0.15) is 78.1 Å². The molecule has 2 heterocycles. The van der Waals surface area contributed by atoms with E-state index in [1.807, 2.05) is 66.4 Å². The lowest BCUT2D eigenvalue weighted by atomic mass is 9.98. The topological polar surface area (TPSA) is 109 Å². The Hall–Kier alpha value is -3.69. The number of ether oxygens (including phenoxy) is 1. The molecule has 0 radical (unpaired) electrons. The highest BCUT2D eigenvalue weighted by Gasteiger charge is 2.31. The average Bonchev–Trinajstić information content (AvgIpc) is 3.46. The maximum absolute atomic E-state index is 13.6. The largest absolute Gasteiger partial charge is 0.497 e. The quantitative estimate of drug-likeness (QED) is 0.266. The lowest BCUT2D eigenvalue weighted by Crippen LogP contribution is -2.48. The Morgan fingerprint density at radius 2 is 1.86 bits per heavy atom. The van der Waals surface area contributed by atoms with E-state index in [1.165, 1.54) is 0 Å². The van der Waals surface area contributed by atoms with E-state index >= 15 is 0 Å². The molecule has 1 unspecified atom stereocenters. The summed E-state index contributed by atoms with van der Waals surface area (Å²) >= 11 is 0. The molecule has 1 aliphatic heterocycles. The minimum absolute atomic E-state index is 0.0656. The van der Waals surface area contributed by atoms with Gasteiger partial charge in [0.15, 0.2) is 5.69 Å². The van der Waals surface area contributed by atoms with Gasteiger partial charge in [-0.25, -0.2) is 0 Å². The number of hydrogen-bond donors (Lipinski definition) is 3. The first-order chi connectivity index (χ1) is 20.4. The third kappa shape index (κ3) is 8.20. The summed E-state index contributed by atoms with van der Waals surface area (Å²) in [6, 6.07) is 18.8. The number of aryl methyl sites for hydroxylation is 1. The molecule has 0 aliphatic carbocycles. The number of aliphatic hydroxyl groups excluding tert-OH is 1. The molecule has 3 atom stereocenters. The number of amides is 2. The summed E-state index contributed by atoms with van der Waals surface area (Å²) in [6.07, 6.45) is 4.72. The van der Waals surface area contributed by atoms with Crippen molar-refractivity contribution in [3.8, 4) is 5.75 Å². The number of rotatable bonds is 14. The second-order valence-corrected chi connectivity index (χ2v) is 11.0. The maximum Gasteiger partial charge on any atom is 0.272 e. The van der Waals surface area contributed by atoms with Crippen LogP contribution in [0.5, 0.6) is 5.75 Å². The summed E-state index contributed by atoms with van der Waals surface area (Å²) < 4.78 is 6.92. The van der Waals surface area contributed by atoms with E-state index in [1.54, 1.807) is 17.9 Å². The molecule has 9 nitrogen and oxygen atoms in total. The summed E-state index contributed by atoms with van der Waals surface area (Å²) in [6.45, 7) is 6.09. The highest BCUT2D eigenvalue weighted by molar-refractivity contribution is 5.98. The SMILES string of the molecule is CCCC1CCCCN1C(=O)c1cc(C(=O)N[C@@H](Cc2ccccc2)[C@H](O)CNCc2cccc(OC)c2)nn1CC.